The molecule has 3 aromatic rings. The molecule has 3 amide bonds. The van der Waals surface area contributed by atoms with Crippen LogP contribution in [0.4, 0.5) is 11.4 Å². The summed E-state index contributed by atoms with van der Waals surface area (Å²) in [5.74, 6) is -1.21. The quantitative estimate of drug-likeness (QED) is 0.139. The highest BCUT2D eigenvalue weighted by Crippen LogP contribution is 2.22. The van der Waals surface area contributed by atoms with E-state index in [4.69, 9.17) is 9.47 Å². The number of hydrogen-bond donors (Lipinski definition) is 3. The summed E-state index contributed by atoms with van der Waals surface area (Å²) in [7, 11) is 0. The fraction of sp³-hybridized carbons (Fsp3) is 0.143. The van der Waals surface area contributed by atoms with E-state index in [0.717, 1.165) is 15.6 Å². The summed E-state index contributed by atoms with van der Waals surface area (Å²) < 4.78 is 11.8. The van der Waals surface area contributed by atoms with Crippen LogP contribution in [-0.2, 0) is 14.4 Å². The van der Waals surface area contributed by atoms with Crippen LogP contribution < -0.4 is 25.5 Å². The van der Waals surface area contributed by atoms with Crippen LogP contribution in [0.15, 0.2) is 82.9 Å². The third kappa shape index (κ3) is 8.59. The van der Waals surface area contributed by atoms with Gasteiger partial charge in [-0.15, -0.1) is 0 Å². The number of amides is 3. The minimum absolute atomic E-state index is 0.235. The van der Waals surface area contributed by atoms with Gasteiger partial charge in [-0.05, 0) is 79.6 Å². The second-order valence-corrected chi connectivity index (χ2v) is 9.01. The lowest BCUT2D eigenvalue weighted by molar-refractivity contribution is -0.136. The van der Waals surface area contributed by atoms with Crippen LogP contribution >= 0.6 is 15.9 Å². The number of halogens is 1. The van der Waals surface area contributed by atoms with Crippen molar-refractivity contribution in [1.29, 1.82) is 0 Å². The summed E-state index contributed by atoms with van der Waals surface area (Å²) in [6.45, 7) is 7.66. The van der Waals surface area contributed by atoms with Crippen molar-refractivity contribution in [2.24, 2.45) is 5.10 Å². The Morgan fingerprint density at radius 2 is 1.63 bits per heavy atom. The molecular formula is C28H27BrN4O5. The lowest BCUT2D eigenvalue weighted by Crippen LogP contribution is -2.32. The van der Waals surface area contributed by atoms with Crippen LogP contribution in [0.3, 0.4) is 0 Å². The zero-order chi connectivity index (χ0) is 27.5. The van der Waals surface area contributed by atoms with Gasteiger partial charge >= 0.3 is 11.8 Å². The molecule has 0 heterocycles. The van der Waals surface area contributed by atoms with E-state index in [2.05, 4.69) is 43.7 Å². The highest BCUT2D eigenvalue weighted by Gasteiger charge is 2.13. The number of nitrogens with zero attached hydrogens (tertiary/aromatic N) is 1. The molecule has 0 saturated heterocycles. The number of aryl methyl sites for hydroxylation is 2. The minimum atomic E-state index is -0.960. The number of nitrogens with one attached hydrogen (secondary N) is 3. The molecule has 0 spiro atoms. The molecular weight excluding hydrogens is 552 g/mol. The summed E-state index contributed by atoms with van der Waals surface area (Å²) in [5.41, 5.74) is 5.95. The zero-order valence-corrected chi connectivity index (χ0v) is 22.5. The topological polar surface area (TPSA) is 118 Å². The van der Waals surface area contributed by atoms with Crippen molar-refractivity contribution in [2.45, 2.75) is 13.8 Å². The summed E-state index contributed by atoms with van der Waals surface area (Å²) >= 11 is 3.37. The van der Waals surface area contributed by atoms with Gasteiger partial charge in [0, 0.05) is 21.4 Å². The maximum absolute atomic E-state index is 12.4. The van der Waals surface area contributed by atoms with Crippen LogP contribution in [0.1, 0.15) is 16.7 Å². The molecule has 0 fully saturated rings. The first-order valence-electron chi connectivity index (χ1n) is 11.5. The van der Waals surface area contributed by atoms with E-state index in [0.29, 0.717) is 35.0 Å². The van der Waals surface area contributed by atoms with Crippen molar-refractivity contribution in [3.8, 4) is 11.5 Å². The molecule has 0 aliphatic rings. The number of hydrogen-bond acceptors (Lipinski definition) is 6. The molecule has 3 N–H and O–H groups in total. The van der Waals surface area contributed by atoms with Crippen molar-refractivity contribution in [3.63, 3.8) is 0 Å². The normalized spacial score (nSPS) is 10.5. The van der Waals surface area contributed by atoms with E-state index in [-0.39, 0.29) is 12.5 Å². The first-order chi connectivity index (χ1) is 18.2. The van der Waals surface area contributed by atoms with Crippen molar-refractivity contribution in [1.82, 2.24) is 5.43 Å². The molecule has 3 aromatic carbocycles. The van der Waals surface area contributed by atoms with Gasteiger partial charge in [-0.1, -0.05) is 34.7 Å². The monoisotopic (exact) mass is 578 g/mol. The van der Waals surface area contributed by atoms with Gasteiger partial charge in [0.15, 0.2) is 6.61 Å². The fourth-order valence-electron chi connectivity index (χ4n) is 3.10. The van der Waals surface area contributed by atoms with Gasteiger partial charge in [-0.3, -0.25) is 14.4 Å². The summed E-state index contributed by atoms with van der Waals surface area (Å²) in [6.07, 6.45) is 2.94. The molecule has 9 nitrogen and oxygen atoms in total. The van der Waals surface area contributed by atoms with E-state index in [1.807, 2.05) is 32.0 Å². The Bertz CT molecular complexity index is 1360. The maximum atomic E-state index is 12.4. The third-order valence-corrected chi connectivity index (χ3v) is 5.67. The van der Waals surface area contributed by atoms with E-state index >= 15 is 0 Å². The van der Waals surface area contributed by atoms with Crippen molar-refractivity contribution in [2.75, 3.05) is 23.8 Å². The van der Waals surface area contributed by atoms with Gasteiger partial charge in [-0.2, -0.15) is 5.10 Å². The Hall–Kier alpha value is -4.44. The Morgan fingerprint density at radius 3 is 2.34 bits per heavy atom. The van der Waals surface area contributed by atoms with Crippen molar-refractivity contribution >= 4 is 51.2 Å². The highest BCUT2D eigenvalue weighted by molar-refractivity contribution is 9.10. The number of rotatable bonds is 10. The third-order valence-electron chi connectivity index (χ3n) is 5.18. The highest BCUT2D eigenvalue weighted by atomic mass is 79.9. The largest absolute Gasteiger partial charge is 0.490 e. The predicted octanol–water partition coefficient (Wildman–Crippen LogP) is 4.74. The van der Waals surface area contributed by atoms with Crippen LogP contribution in [-0.4, -0.2) is 37.1 Å². The minimum Gasteiger partial charge on any atom is -0.490 e. The van der Waals surface area contributed by atoms with Crippen LogP contribution in [0.5, 0.6) is 11.5 Å². The number of ether oxygens (including phenoxy) is 2. The van der Waals surface area contributed by atoms with Gasteiger partial charge < -0.3 is 20.1 Å². The fourth-order valence-corrected chi connectivity index (χ4v) is 3.48. The summed E-state index contributed by atoms with van der Waals surface area (Å²) in [4.78, 5) is 36.7. The van der Waals surface area contributed by atoms with Crippen molar-refractivity contribution in [3.05, 3.63) is 94.5 Å². The number of benzene rings is 3. The molecule has 0 atom stereocenters. The first-order valence-corrected chi connectivity index (χ1v) is 12.3. The molecule has 0 bridgehead atoms. The predicted molar refractivity (Wildman–Crippen MR) is 151 cm³/mol. The van der Waals surface area contributed by atoms with E-state index in [9.17, 15) is 14.4 Å². The Balaban J connectivity index is 1.54. The lowest BCUT2D eigenvalue weighted by atomic mass is 10.1. The average molecular weight is 579 g/mol. The van der Waals surface area contributed by atoms with Crippen LogP contribution in [0.25, 0.3) is 0 Å². The standard InChI is InChI=1S/C28H27BrN4O5/c1-4-13-37-24-10-8-22(9-11-24)32-27(35)28(36)33-30-16-20-15-21(29)6-12-25(20)38-17-26(34)31-23-7-5-18(2)19(3)14-23/h4-12,14-16H,1,13,17H2,2-3H3,(H,31,34)(H,32,35)(H,33,36)/b30-16-. The number of carbonyl (C=O) groups is 3. The number of anilines is 2. The molecule has 0 aromatic heterocycles. The van der Waals surface area contributed by atoms with Gasteiger partial charge in [0.05, 0.1) is 6.21 Å². The molecule has 196 valence electrons. The summed E-state index contributed by atoms with van der Waals surface area (Å²) in [6, 6.07) is 17.3. The van der Waals surface area contributed by atoms with Gasteiger partial charge in [0.1, 0.15) is 18.1 Å². The van der Waals surface area contributed by atoms with Crippen LogP contribution in [0.2, 0.25) is 0 Å². The van der Waals surface area contributed by atoms with E-state index < -0.39 is 11.8 Å². The molecule has 0 radical (unpaired) electrons. The smallest absolute Gasteiger partial charge is 0.329 e. The van der Waals surface area contributed by atoms with E-state index in [1.165, 1.54) is 6.21 Å². The number of hydrazone groups is 1. The number of carbonyl (C=O) groups excluding carboxylic acids is 3. The molecule has 0 aliphatic carbocycles. The Labute approximate surface area is 229 Å². The maximum Gasteiger partial charge on any atom is 0.329 e. The van der Waals surface area contributed by atoms with Crippen LogP contribution in [0, 0.1) is 13.8 Å². The second-order valence-electron chi connectivity index (χ2n) is 8.10. The summed E-state index contributed by atoms with van der Waals surface area (Å²) in [5, 5.41) is 9.12. The van der Waals surface area contributed by atoms with Crippen molar-refractivity contribution < 1.29 is 23.9 Å². The SMILES string of the molecule is C=CCOc1ccc(NC(=O)C(=O)N/N=C\c2cc(Br)ccc2OCC(=O)Nc2ccc(C)c(C)c2)cc1. The molecule has 0 saturated carbocycles. The van der Waals surface area contributed by atoms with E-state index in [1.54, 1.807) is 48.5 Å². The molecule has 0 unspecified atom stereocenters. The molecule has 3 rings (SSSR count). The molecule has 38 heavy (non-hydrogen) atoms. The van der Waals surface area contributed by atoms with Gasteiger partial charge in [-0.25, -0.2) is 5.43 Å². The molecule has 0 aliphatic heterocycles. The Kier molecular flexibility index (Phi) is 10.2. The van der Waals surface area contributed by atoms with Gasteiger partial charge in [0.2, 0.25) is 0 Å². The lowest BCUT2D eigenvalue weighted by Gasteiger charge is -2.11. The second kappa shape index (κ2) is 13.8. The molecule has 10 heteroatoms. The average Bonchev–Trinajstić information content (AvgIpc) is 2.89. The Morgan fingerprint density at radius 1 is 0.895 bits per heavy atom. The zero-order valence-electron chi connectivity index (χ0n) is 20.9. The van der Waals surface area contributed by atoms with Gasteiger partial charge in [0.25, 0.3) is 5.91 Å². The first kappa shape index (κ1) is 28.1.